The lowest BCUT2D eigenvalue weighted by Crippen LogP contribution is -2.45. The van der Waals surface area contributed by atoms with Crippen LogP contribution in [0.25, 0.3) is 0 Å². The molecule has 1 aromatic carbocycles. The van der Waals surface area contributed by atoms with Crippen molar-refractivity contribution < 1.29 is 14.1 Å². The van der Waals surface area contributed by atoms with Crippen molar-refractivity contribution in [2.75, 3.05) is 23.3 Å². The van der Waals surface area contributed by atoms with E-state index in [-0.39, 0.29) is 24.0 Å². The summed E-state index contributed by atoms with van der Waals surface area (Å²) in [7, 11) is 0. The first-order valence-corrected chi connectivity index (χ1v) is 9.54. The van der Waals surface area contributed by atoms with Gasteiger partial charge in [-0.15, -0.1) is 0 Å². The van der Waals surface area contributed by atoms with Crippen LogP contribution < -0.4 is 10.2 Å². The zero-order valence-corrected chi connectivity index (χ0v) is 16.4. The molecule has 0 aliphatic carbocycles. The molecule has 27 heavy (non-hydrogen) atoms. The van der Waals surface area contributed by atoms with Crippen LogP contribution in [-0.4, -0.2) is 41.3 Å². The number of hydrogen-bond acceptors (Lipinski definition) is 6. The van der Waals surface area contributed by atoms with Gasteiger partial charge in [0, 0.05) is 31.8 Å². The summed E-state index contributed by atoms with van der Waals surface area (Å²) in [4.78, 5) is 19.0. The van der Waals surface area contributed by atoms with Gasteiger partial charge >= 0.3 is 0 Å². The highest BCUT2D eigenvalue weighted by molar-refractivity contribution is 5.94. The third kappa shape index (κ3) is 5.07. The fourth-order valence-electron chi connectivity index (χ4n) is 3.27. The first-order chi connectivity index (χ1) is 12.9. The van der Waals surface area contributed by atoms with Crippen molar-refractivity contribution in [1.29, 1.82) is 0 Å². The molecule has 1 amide bonds. The maximum atomic E-state index is 12.4. The van der Waals surface area contributed by atoms with Crippen LogP contribution in [0, 0.1) is 0 Å². The number of nitrogens with one attached hydrogen (secondary N) is 1. The van der Waals surface area contributed by atoms with Gasteiger partial charge in [0.15, 0.2) is 5.82 Å². The molecule has 1 N–H and O–H groups in total. The smallest absolute Gasteiger partial charge is 0.227 e. The van der Waals surface area contributed by atoms with Gasteiger partial charge in [0.1, 0.15) is 0 Å². The summed E-state index contributed by atoms with van der Waals surface area (Å²) in [5.74, 6) is 1.31. The van der Waals surface area contributed by atoms with E-state index in [1.165, 1.54) is 0 Å². The minimum Gasteiger partial charge on any atom is -0.372 e. The maximum Gasteiger partial charge on any atom is 0.227 e. The number of aromatic nitrogens is 2. The summed E-state index contributed by atoms with van der Waals surface area (Å²) in [5.41, 5.74) is 1.84. The number of anilines is 2. The van der Waals surface area contributed by atoms with Crippen molar-refractivity contribution in [3.8, 4) is 0 Å². The van der Waals surface area contributed by atoms with Gasteiger partial charge in [0.2, 0.25) is 11.8 Å². The van der Waals surface area contributed by atoms with Gasteiger partial charge in [-0.1, -0.05) is 31.1 Å². The predicted molar refractivity (Wildman–Crippen MR) is 104 cm³/mol. The molecule has 1 saturated heterocycles. The minimum atomic E-state index is -0.0684. The predicted octanol–water partition coefficient (Wildman–Crippen LogP) is 3.38. The molecule has 1 fully saturated rings. The number of aryl methyl sites for hydroxylation is 1. The molecule has 2 heterocycles. The first-order valence-electron chi connectivity index (χ1n) is 9.54. The van der Waals surface area contributed by atoms with Gasteiger partial charge in [0.05, 0.1) is 23.6 Å². The normalized spacial score (nSPS) is 20.1. The number of nitrogens with zero attached hydrogens (tertiary/aromatic N) is 3. The zero-order chi connectivity index (χ0) is 19.4. The Morgan fingerprint density at radius 3 is 2.63 bits per heavy atom. The molecular formula is C20H28N4O3. The second kappa shape index (κ2) is 8.52. The van der Waals surface area contributed by atoms with Gasteiger partial charge in [-0.3, -0.25) is 4.79 Å². The fraction of sp³-hybridized carbons (Fsp3) is 0.550. The quantitative estimate of drug-likeness (QED) is 0.837. The van der Waals surface area contributed by atoms with E-state index in [0.717, 1.165) is 24.5 Å². The molecule has 2 atom stereocenters. The number of morpholine rings is 1. The van der Waals surface area contributed by atoms with Crippen LogP contribution in [0.5, 0.6) is 0 Å². The van der Waals surface area contributed by atoms with Crippen LogP contribution in [0.2, 0.25) is 0 Å². The van der Waals surface area contributed by atoms with Gasteiger partial charge in [-0.05, 0) is 26.0 Å². The Kier molecular flexibility index (Phi) is 6.11. The van der Waals surface area contributed by atoms with Gasteiger partial charge in [-0.2, -0.15) is 4.98 Å². The molecule has 0 saturated carbocycles. The van der Waals surface area contributed by atoms with E-state index in [4.69, 9.17) is 9.26 Å². The van der Waals surface area contributed by atoms with E-state index in [0.29, 0.717) is 24.6 Å². The van der Waals surface area contributed by atoms with E-state index in [2.05, 4.69) is 34.2 Å². The summed E-state index contributed by atoms with van der Waals surface area (Å²) in [6, 6.07) is 7.88. The Morgan fingerprint density at radius 2 is 1.96 bits per heavy atom. The van der Waals surface area contributed by atoms with Crippen LogP contribution in [0.3, 0.4) is 0 Å². The Morgan fingerprint density at radius 1 is 1.26 bits per heavy atom. The van der Waals surface area contributed by atoms with Crippen molar-refractivity contribution >= 4 is 17.3 Å². The monoisotopic (exact) mass is 372 g/mol. The maximum absolute atomic E-state index is 12.4. The molecule has 3 rings (SSSR count). The molecule has 1 aliphatic rings. The molecule has 0 bridgehead atoms. The van der Waals surface area contributed by atoms with E-state index in [1.54, 1.807) is 0 Å². The molecule has 0 unspecified atom stereocenters. The standard InChI is InChI=1S/C20H28N4O3/c1-13(2)20-22-19(27-23-20)10-9-18(25)21-16-7-5-6-8-17(16)24-11-14(3)26-15(4)12-24/h5-8,13-15H,9-12H2,1-4H3,(H,21,25)/t14-,15-/m1/s1. The van der Waals surface area contributed by atoms with E-state index < -0.39 is 0 Å². The van der Waals surface area contributed by atoms with Gasteiger partial charge < -0.3 is 19.5 Å². The van der Waals surface area contributed by atoms with E-state index in [1.807, 2.05) is 38.1 Å². The van der Waals surface area contributed by atoms with Crippen LogP contribution in [0.1, 0.15) is 51.7 Å². The molecule has 7 nitrogen and oxygen atoms in total. The molecule has 1 aromatic heterocycles. The third-order valence-corrected chi connectivity index (χ3v) is 4.50. The largest absolute Gasteiger partial charge is 0.372 e. The lowest BCUT2D eigenvalue weighted by molar-refractivity contribution is -0.116. The van der Waals surface area contributed by atoms with E-state index in [9.17, 15) is 4.79 Å². The van der Waals surface area contributed by atoms with Crippen molar-refractivity contribution in [3.05, 3.63) is 36.0 Å². The highest BCUT2D eigenvalue weighted by atomic mass is 16.5. The number of carbonyl (C=O) groups excluding carboxylic acids is 1. The molecule has 2 aromatic rings. The van der Waals surface area contributed by atoms with Crippen molar-refractivity contribution in [3.63, 3.8) is 0 Å². The number of benzene rings is 1. The number of rotatable bonds is 6. The van der Waals surface area contributed by atoms with Crippen molar-refractivity contribution in [2.45, 2.75) is 58.7 Å². The molecule has 0 spiro atoms. The highest BCUT2D eigenvalue weighted by Gasteiger charge is 2.24. The number of hydrogen-bond donors (Lipinski definition) is 1. The lowest BCUT2D eigenvalue weighted by Gasteiger charge is -2.37. The summed E-state index contributed by atoms with van der Waals surface area (Å²) < 4.78 is 11.0. The Labute approximate surface area is 160 Å². The second-order valence-corrected chi connectivity index (χ2v) is 7.43. The SMILES string of the molecule is CC(C)c1noc(CCC(=O)Nc2ccccc2N2C[C@@H](C)O[C@H](C)C2)n1. The molecular weight excluding hydrogens is 344 g/mol. The summed E-state index contributed by atoms with van der Waals surface area (Å²) in [6.45, 7) is 9.75. The minimum absolute atomic E-state index is 0.0684. The van der Waals surface area contributed by atoms with Crippen LogP contribution in [0.4, 0.5) is 11.4 Å². The second-order valence-electron chi connectivity index (χ2n) is 7.43. The fourth-order valence-corrected chi connectivity index (χ4v) is 3.27. The van der Waals surface area contributed by atoms with Crippen molar-refractivity contribution in [2.24, 2.45) is 0 Å². The van der Waals surface area contributed by atoms with E-state index >= 15 is 0 Å². The Balaban J connectivity index is 1.62. The summed E-state index contributed by atoms with van der Waals surface area (Å²) >= 11 is 0. The van der Waals surface area contributed by atoms with Crippen LogP contribution in [0.15, 0.2) is 28.8 Å². The van der Waals surface area contributed by atoms with Crippen LogP contribution >= 0.6 is 0 Å². The summed E-state index contributed by atoms with van der Waals surface area (Å²) in [6.07, 6.45) is 1.04. The first kappa shape index (κ1) is 19.4. The lowest BCUT2D eigenvalue weighted by atomic mass is 10.1. The third-order valence-electron chi connectivity index (χ3n) is 4.50. The topological polar surface area (TPSA) is 80.5 Å². The number of para-hydroxylation sites is 2. The average Bonchev–Trinajstić information content (AvgIpc) is 3.09. The van der Waals surface area contributed by atoms with Gasteiger partial charge in [0.25, 0.3) is 0 Å². The Bertz CT molecular complexity index is 764. The Hall–Kier alpha value is -2.41. The van der Waals surface area contributed by atoms with Crippen molar-refractivity contribution in [1.82, 2.24) is 10.1 Å². The number of ether oxygens (including phenoxy) is 1. The van der Waals surface area contributed by atoms with Gasteiger partial charge in [-0.25, -0.2) is 0 Å². The summed E-state index contributed by atoms with van der Waals surface area (Å²) in [5, 5.41) is 6.96. The van der Waals surface area contributed by atoms with Crippen LogP contribution in [-0.2, 0) is 16.0 Å². The molecule has 7 heteroatoms. The molecule has 0 radical (unpaired) electrons. The molecule has 1 aliphatic heterocycles. The zero-order valence-electron chi connectivity index (χ0n) is 16.4. The number of amides is 1. The highest BCUT2D eigenvalue weighted by Crippen LogP contribution is 2.28. The number of carbonyl (C=O) groups is 1. The molecule has 146 valence electrons. The average molecular weight is 372 g/mol.